The average molecular weight is 289 g/mol. The van der Waals surface area contributed by atoms with Crippen LogP contribution in [0.3, 0.4) is 0 Å². The van der Waals surface area contributed by atoms with Gasteiger partial charge in [0.2, 0.25) is 0 Å². The van der Waals surface area contributed by atoms with E-state index in [2.05, 4.69) is 11.9 Å². The zero-order chi connectivity index (χ0) is 15.2. The van der Waals surface area contributed by atoms with E-state index in [1.165, 1.54) is 0 Å². The van der Waals surface area contributed by atoms with Crippen molar-refractivity contribution in [2.24, 2.45) is 5.92 Å². The molecule has 2 unspecified atom stereocenters. The van der Waals surface area contributed by atoms with Crippen LogP contribution >= 0.6 is 0 Å². The third-order valence-corrected chi connectivity index (χ3v) is 3.63. The lowest BCUT2D eigenvalue weighted by Gasteiger charge is -2.17. The van der Waals surface area contributed by atoms with E-state index < -0.39 is 11.9 Å². The van der Waals surface area contributed by atoms with Crippen molar-refractivity contribution in [2.45, 2.75) is 25.3 Å². The highest BCUT2D eigenvalue weighted by atomic mass is 16.5. The highest BCUT2D eigenvalue weighted by Crippen LogP contribution is 2.26. The zero-order valence-electron chi connectivity index (χ0n) is 11.7. The molecule has 0 aliphatic heterocycles. The van der Waals surface area contributed by atoms with Gasteiger partial charge in [0, 0.05) is 11.6 Å². The van der Waals surface area contributed by atoms with E-state index in [1.807, 2.05) is 0 Å². The Labute approximate surface area is 123 Å². The van der Waals surface area contributed by atoms with Crippen molar-refractivity contribution < 1.29 is 19.4 Å². The fourth-order valence-electron chi connectivity index (χ4n) is 2.54. The molecule has 1 fully saturated rings. The number of rotatable bonds is 6. The zero-order valence-corrected chi connectivity index (χ0v) is 11.7. The second-order valence-corrected chi connectivity index (χ2v) is 5.08. The summed E-state index contributed by atoms with van der Waals surface area (Å²) in [7, 11) is 0. The first-order valence-electron chi connectivity index (χ1n) is 6.99. The third-order valence-electron chi connectivity index (χ3n) is 3.63. The number of hydrogen-bond acceptors (Lipinski definition) is 3. The molecule has 112 valence electrons. The summed E-state index contributed by atoms with van der Waals surface area (Å²) in [4.78, 5) is 23.2. The molecular weight excluding hydrogens is 270 g/mol. The molecule has 1 aromatic carbocycles. The number of carbonyl (C=O) groups is 2. The molecule has 1 aliphatic carbocycles. The molecular formula is C16H19NO4. The minimum Gasteiger partial charge on any atom is -0.490 e. The molecule has 0 bridgehead atoms. The van der Waals surface area contributed by atoms with Crippen LogP contribution in [0.25, 0.3) is 0 Å². The summed E-state index contributed by atoms with van der Waals surface area (Å²) in [5.74, 6) is -0.908. The van der Waals surface area contributed by atoms with Gasteiger partial charge in [-0.15, -0.1) is 0 Å². The lowest BCUT2D eigenvalue weighted by Crippen LogP contribution is -2.40. The Kier molecular flexibility index (Phi) is 4.98. The molecule has 21 heavy (non-hydrogen) atoms. The largest absolute Gasteiger partial charge is 0.490 e. The molecule has 2 atom stereocenters. The number of hydrogen-bond donors (Lipinski definition) is 2. The Morgan fingerprint density at radius 2 is 2.05 bits per heavy atom. The summed E-state index contributed by atoms with van der Waals surface area (Å²) in [6, 6.07) is 6.46. The molecule has 1 aromatic rings. The van der Waals surface area contributed by atoms with Crippen LogP contribution < -0.4 is 10.1 Å². The van der Waals surface area contributed by atoms with Gasteiger partial charge >= 0.3 is 5.97 Å². The van der Waals surface area contributed by atoms with Gasteiger partial charge in [0.05, 0.1) is 5.92 Å². The number of carboxylic acids is 1. The van der Waals surface area contributed by atoms with Crippen molar-refractivity contribution in [1.82, 2.24) is 5.32 Å². The molecule has 0 aromatic heterocycles. The predicted octanol–water partition coefficient (Wildman–Crippen LogP) is 2.23. The molecule has 0 heterocycles. The number of aliphatic carboxylic acids is 1. The highest BCUT2D eigenvalue weighted by molar-refractivity contribution is 5.94. The molecule has 0 radical (unpaired) electrons. The molecule has 1 saturated carbocycles. The quantitative estimate of drug-likeness (QED) is 0.787. The molecule has 1 amide bonds. The number of nitrogens with one attached hydrogen (secondary N) is 1. The van der Waals surface area contributed by atoms with Gasteiger partial charge in [0.15, 0.2) is 0 Å². The number of carboxylic acid groups (broad SMARTS) is 1. The number of amides is 1. The minimum absolute atomic E-state index is 0.247. The second kappa shape index (κ2) is 6.92. The molecule has 0 saturated heterocycles. The van der Waals surface area contributed by atoms with Crippen LogP contribution in [0.1, 0.15) is 29.6 Å². The number of ether oxygens (including phenoxy) is 1. The maximum Gasteiger partial charge on any atom is 0.308 e. The Hall–Kier alpha value is -2.30. The smallest absolute Gasteiger partial charge is 0.308 e. The van der Waals surface area contributed by atoms with Crippen LogP contribution in [0.15, 0.2) is 36.9 Å². The fraction of sp³-hybridized carbons (Fsp3) is 0.375. The predicted molar refractivity (Wildman–Crippen MR) is 78.4 cm³/mol. The van der Waals surface area contributed by atoms with Crippen molar-refractivity contribution >= 4 is 11.9 Å². The SMILES string of the molecule is C=CCOc1ccc(C(=O)NC2CCCC2C(=O)O)cc1. The molecule has 5 nitrogen and oxygen atoms in total. The van der Waals surface area contributed by atoms with Crippen LogP contribution in [0.4, 0.5) is 0 Å². The topological polar surface area (TPSA) is 75.6 Å². The van der Waals surface area contributed by atoms with Crippen molar-refractivity contribution in [3.63, 3.8) is 0 Å². The van der Waals surface area contributed by atoms with Gasteiger partial charge in [0.1, 0.15) is 12.4 Å². The maximum atomic E-state index is 12.1. The van der Waals surface area contributed by atoms with E-state index in [4.69, 9.17) is 9.84 Å². The number of benzene rings is 1. The average Bonchev–Trinajstić information content (AvgIpc) is 2.94. The van der Waals surface area contributed by atoms with Crippen LogP contribution in [-0.4, -0.2) is 29.6 Å². The highest BCUT2D eigenvalue weighted by Gasteiger charge is 2.33. The standard InChI is InChI=1S/C16H19NO4/c1-2-10-21-12-8-6-11(7-9-12)15(18)17-14-5-3-4-13(14)16(19)20/h2,6-9,13-14H,1,3-5,10H2,(H,17,18)(H,19,20). The number of carbonyl (C=O) groups excluding carboxylic acids is 1. The monoisotopic (exact) mass is 289 g/mol. The Morgan fingerprint density at radius 3 is 2.67 bits per heavy atom. The first-order valence-corrected chi connectivity index (χ1v) is 6.99. The van der Waals surface area contributed by atoms with Gasteiger partial charge in [-0.2, -0.15) is 0 Å². The van der Waals surface area contributed by atoms with E-state index in [-0.39, 0.29) is 11.9 Å². The summed E-state index contributed by atoms with van der Waals surface area (Å²) < 4.78 is 5.34. The van der Waals surface area contributed by atoms with Gasteiger partial charge in [-0.25, -0.2) is 0 Å². The third kappa shape index (κ3) is 3.84. The van der Waals surface area contributed by atoms with E-state index in [9.17, 15) is 9.59 Å². The summed E-state index contributed by atoms with van der Waals surface area (Å²) in [5.41, 5.74) is 0.497. The van der Waals surface area contributed by atoms with E-state index in [0.29, 0.717) is 30.8 Å². The van der Waals surface area contributed by atoms with E-state index in [0.717, 1.165) is 6.42 Å². The first-order chi connectivity index (χ1) is 10.1. The molecule has 2 N–H and O–H groups in total. The van der Waals surface area contributed by atoms with Gasteiger partial charge in [-0.05, 0) is 37.1 Å². The van der Waals surface area contributed by atoms with Gasteiger partial charge in [0.25, 0.3) is 5.91 Å². The minimum atomic E-state index is -0.842. The van der Waals surface area contributed by atoms with Crippen LogP contribution in [0, 0.1) is 5.92 Å². The molecule has 1 aliphatic rings. The van der Waals surface area contributed by atoms with Crippen molar-refractivity contribution in [1.29, 1.82) is 0 Å². The lowest BCUT2D eigenvalue weighted by molar-refractivity contribution is -0.142. The Bertz CT molecular complexity index is 524. The molecule has 2 rings (SSSR count). The van der Waals surface area contributed by atoms with Crippen molar-refractivity contribution in [3.8, 4) is 5.75 Å². The van der Waals surface area contributed by atoms with Crippen molar-refractivity contribution in [2.75, 3.05) is 6.61 Å². The normalized spacial score (nSPS) is 20.8. The van der Waals surface area contributed by atoms with Gasteiger partial charge in [-0.3, -0.25) is 9.59 Å². The molecule has 0 spiro atoms. The van der Waals surface area contributed by atoms with E-state index in [1.54, 1.807) is 30.3 Å². The second-order valence-electron chi connectivity index (χ2n) is 5.08. The Balaban J connectivity index is 1.96. The van der Waals surface area contributed by atoms with Crippen LogP contribution in [0.2, 0.25) is 0 Å². The summed E-state index contributed by atoms with van der Waals surface area (Å²) in [6.07, 6.45) is 3.81. The maximum absolute atomic E-state index is 12.1. The fourth-order valence-corrected chi connectivity index (χ4v) is 2.54. The summed E-state index contributed by atoms with van der Waals surface area (Å²) in [6.45, 7) is 3.97. The van der Waals surface area contributed by atoms with Gasteiger partial charge in [-0.1, -0.05) is 19.1 Å². The van der Waals surface area contributed by atoms with Gasteiger partial charge < -0.3 is 15.2 Å². The van der Waals surface area contributed by atoms with Crippen molar-refractivity contribution in [3.05, 3.63) is 42.5 Å². The summed E-state index contributed by atoms with van der Waals surface area (Å²) in [5, 5.41) is 11.9. The summed E-state index contributed by atoms with van der Waals surface area (Å²) >= 11 is 0. The van der Waals surface area contributed by atoms with Crippen LogP contribution in [-0.2, 0) is 4.79 Å². The van der Waals surface area contributed by atoms with E-state index >= 15 is 0 Å². The molecule has 5 heteroatoms. The van der Waals surface area contributed by atoms with Crippen LogP contribution in [0.5, 0.6) is 5.75 Å². The lowest BCUT2D eigenvalue weighted by atomic mass is 10.0. The first kappa shape index (κ1) is 15.1. The Morgan fingerprint density at radius 1 is 1.33 bits per heavy atom.